The predicted molar refractivity (Wildman–Crippen MR) is 82.7 cm³/mol. The Balaban J connectivity index is 2.16. The summed E-state index contributed by atoms with van der Waals surface area (Å²) in [5.41, 5.74) is 4.45. The maximum Gasteiger partial charge on any atom is 0.212 e. The van der Waals surface area contributed by atoms with E-state index in [-0.39, 0.29) is 0 Å². The van der Waals surface area contributed by atoms with Crippen molar-refractivity contribution in [3.63, 3.8) is 0 Å². The van der Waals surface area contributed by atoms with E-state index in [1.165, 1.54) is 5.56 Å². The molecule has 112 valence electrons. The number of aryl methyl sites for hydroxylation is 2. The molecule has 0 aliphatic carbocycles. The van der Waals surface area contributed by atoms with Crippen LogP contribution in [0.25, 0.3) is 0 Å². The largest absolute Gasteiger partial charge is 0.481 e. The van der Waals surface area contributed by atoms with E-state index in [1.54, 1.807) is 7.11 Å². The van der Waals surface area contributed by atoms with Crippen LogP contribution in [-0.2, 0) is 12.8 Å². The molecule has 0 spiro atoms. The molecule has 0 bridgehead atoms. The Morgan fingerprint density at radius 3 is 2.38 bits per heavy atom. The monoisotopic (exact) mass is 286 g/mol. The first-order valence-corrected chi connectivity index (χ1v) is 7.10. The Kier molecular flexibility index (Phi) is 5.22. The molecule has 0 aromatic carbocycles. The normalized spacial score (nSPS) is 10.7. The van der Waals surface area contributed by atoms with Crippen LogP contribution in [0.4, 0.5) is 0 Å². The van der Waals surface area contributed by atoms with E-state index >= 15 is 0 Å². The highest BCUT2D eigenvalue weighted by molar-refractivity contribution is 5.27. The molecule has 0 unspecified atom stereocenters. The van der Waals surface area contributed by atoms with Crippen LogP contribution in [0.3, 0.4) is 0 Å². The van der Waals surface area contributed by atoms with Crippen LogP contribution >= 0.6 is 0 Å². The quantitative estimate of drug-likeness (QED) is 0.878. The van der Waals surface area contributed by atoms with Gasteiger partial charge in [0.2, 0.25) is 5.88 Å². The summed E-state index contributed by atoms with van der Waals surface area (Å²) in [5, 5.41) is 3.16. The number of likely N-dealkylation sites (N-methyl/N-ethyl adjacent to an activating group) is 1. The second-order valence-corrected chi connectivity index (χ2v) is 5.03. The van der Waals surface area contributed by atoms with Crippen molar-refractivity contribution in [2.24, 2.45) is 0 Å². The number of aromatic nitrogens is 3. The van der Waals surface area contributed by atoms with Gasteiger partial charge in [0, 0.05) is 30.1 Å². The summed E-state index contributed by atoms with van der Waals surface area (Å²) in [7, 11) is 3.57. The lowest BCUT2D eigenvalue weighted by Crippen LogP contribution is -2.14. The van der Waals surface area contributed by atoms with Gasteiger partial charge in [0.15, 0.2) is 0 Å². The second-order valence-electron chi connectivity index (χ2n) is 5.03. The van der Waals surface area contributed by atoms with E-state index in [0.717, 1.165) is 35.7 Å². The summed E-state index contributed by atoms with van der Waals surface area (Å²) in [4.78, 5) is 13.5. The van der Waals surface area contributed by atoms with Crippen LogP contribution in [0.5, 0.6) is 5.88 Å². The minimum atomic E-state index is 0.620. The summed E-state index contributed by atoms with van der Waals surface area (Å²) < 4.78 is 5.06. The zero-order valence-corrected chi connectivity index (χ0v) is 13.1. The van der Waals surface area contributed by atoms with E-state index in [0.29, 0.717) is 12.3 Å². The number of ether oxygens (including phenoxy) is 1. The summed E-state index contributed by atoms with van der Waals surface area (Å²) in [6.07, 6.45) is 3.45. The molecule has 0 aliphatic rings. The molecule has 0 atom stereocenters. The number of nitrogens with zero attached hydrogens (tertiary/aromatic N) is 3. The van der Waals surface area contributed by atoms with Gasteiger partial charge in [-0.3, -0.25) is 0 Å². The average Bonchev–Trinajstić information content (AvgIpc) is 2.47. The van der Waals surface area contributed by atoms with Crippen LogP contribution < -0.4 is 10.1 Å². The Morgan fingerprint density at radius 1 is 1.14 bits per heavy atom. The Hall–Kier alpha value is -2.01. The molecule has 0 aliphatic heterocycles. The minimum absolute atomic E-state index is 0.620. The molecule has 2 aromatic rings. The molecule has 0 saturated carbocycles. The fraction of sp³-hybridized carbons (Fsp3) is 0.438. The zero-order chi connectivity index (χ0) is 15.2. The molecule has 0 fully saturated rings. The van der Waals surface area contributed by atoms with Crippen LogP contribution in [0.2, 0.25) is 0 Å². The molecule has 2 aromatic heterocycles. The smallest absolute Gasteiger partial charge is 0.212 e. The second kappa shape index (κ2) is 7.13. The van der Waals surface area contributed by atoms with Crippen molar-refractivity contribution in [3.05, 3.63) is 46.7 Å². The third kappa shape index (κ3) is 3.98. The number of hydrogen-bond donors (Lipinski definition) is 1. The Bertz CT molecular complexity index is 573. The third-order valence-electron chi connectivity index (χ3n) is 3.46. The van der Waals surface area contributed by atoms with Gasteiger partial charge in [-0.2, -0.15) is 0 Å². The van der Waals surface area contributed by atoms with Gasteiger partial charge >= 0.3 is 0 Å². The molecule has 5 nitrogen and oxygen atoms in total. The number of methoxy groups -OCH3 is 1. The maximum absolute atomic E-state index is 5.06. The standard InChI is InChI=1S/C16H22N4O/c1-11-14(7-8-17-3)12(2)20-15(19-11)9-13-5-6-16(21-4)18-10-13/h5-6,10,17H,7-9H2,1-4H3. The van der Waals surface area contributed by atoms with E-state index in [9.17, 15) is 0 Å². The van der Waals surface area contributed by atoms with Crippen LogP contribution in [0.1, 0.15) is 28.3 Å². The van der Waals surface area contributed by atoms with Gasteiger partial charge in [-0.1, -0.05) is 6.07 Å². The molecule has 0 radical (unpaired) electrons. The maximum atomic E-state index is 5.06. The number of rotatable bonds is 6. The summed E-state index contributed by atoms with van der Waals surface area (Å²) in [6, 6.07) is 3.85. The Labute approximate surface area is 125 Å². The molecular weight excluding hydrogens is 264 g/mol. The van der Waals surface area contributed by atoms with Crippen molar-refractivity contribution in [2.45, 2.75) is 26.7 Å². The van der Waals surface area contributed by atoms with Gasteiger partial charge in [0.05, 0.1) is 7.11 Å². The number of nitrogens with one attached hydrogen (secondary N) is 1. The molecule has 21 heavy (non-hydrogen) atoms. The fourth-order valence-corrected chi connectivity index (χ4v) is 2.32. The van der Waals surface area contributed by atoms with Crippen molar-refractivity contribution in [3.8, 4) is 5.88 Å². The van der Waals surface area contributed by atoms with Crippen LogP contribution in [-0.4, -0.2) is 35.7 Å². The first-order valence-electron chi connectivity index (χ1n) is 7.10. The van der Waals surface area contributed by atoms with Crippen molar-refractivity contribution >= 4 is 0 Å². The van der Waals surface area contributed by atoms with Gasteiger partial charge in [-0.05, 0) is 45.0 Å². The molecule has 2 rings (SSSR count). The summed E-state index contributed by atoms with van der Waals surface area (Å²) in [6.45, 7) is 5.04. The molecule has 0 saturated heterocycles. The van der Waals surface area contributed by atoms with E-state index in [2.05, 4.69) is 34.1 Å². The molecular formula is C16H22N4O. The summed E-state index contributed by atoms with van der Waals surface area (Å²) in [5.74, 6) is 1.46. The van der Waals surface area contributed by atoms with Gasteiger partial charge in [-0.15, -0.1) is 0 Å². The predicted octanol–water partition coefficient (Wildman–Crippen LogP) is 1.85. The lowest BCUT2D eigenvalue weighted by Gasteiger charge is -2.11. The lowest BCUT2D eigenvalue weighted by atomic mass is 10.1. The zero-order valence-electron chi connectivity index (χ0n) is 13.1. The van der Waals surface area contributed by atoms with Gasteiger partial charge in [0.1, 0.15) is 5.82 Å². The Morgan fingerprint density at radius 2 is 1.86 bits per heavy atom. The van der Waals surface area contributed by atoms with Crippen LogP contribution in [0.15, 0.2) is 18.3 Å². The highest BCUT2D eigenvalue weighted by atomic mass is 16.5. The molecule has 1 N–H and O–H groups in total. The van der Waals surface area contributed by atoms with Crippen molar-refractivity contribution in [1.82, 2.24) is 20.3 Å². The minimum Gasteiger partial charge on any atom is -0.481 e. The first-order chi connectivity index (χ1) is 10.1. The fourth-order valence-electron chi connectivity index (χ4n) is 2.32. The van der Waals surface area contributed by atoms with E-state index in [1.807, 2.05) is 25.4 Å². The number of hydrogen-bond acceptors (Lipinski definition) is 5. The third-order valence-corrected chi connectivity index (χ3v) is 3.46. The molecule has 2 heterocycles. The summed E-state index contributed by atoms with van der Waals surface area (Å²) >= 11 is 0. The number of pyridine rings is 1. The SMILES string of the molecule is CNCCc1c(C)nc(Cc2ccc(OC)nc2)nc1C. The van der Waals surface area contributed by atoms with Crippen molar-refractivity contribution in [2.75, 3.05) is 20.7 Å². The highest BCUT2D eigenvalue weighted by Crippen LogP contribution is 2.14. The topological polar surface area (TPSA) is 59.9 Å². The van der Waals surface area contributed by atoms with Gasteiger partial charge in [0.25, 0.3) is 0 Å². The highest BCUT2D eigenvalue weighted by Gasteiger charge is 2.09. The van der Waals surface area contributed by atoms with E-state index < -0.39 is 0 Å². The van der Waals surface area contributed by atoms with Crippen molar-refractivity contribution < 1.29 is 4.74 Å². The lowest BCUT2D eigenvalue weighted by molar-refractivity contribution is 0.397. The van der Waals surface area contributed by atoms with E-state index in [4.69, 9.17) is 4.74 Å². The average molecular weight is 286 g/mol. The molecule has 0 amide bonds. The van der Waals surface area contributed by atoms with Crippen molar-refractivity contribution in [1.29, 1.82) is 0 Å². The van der Waals surface area contributed by atoms with Gasteiger partial charge in [-0.25, -0.2) is 15.0 Å². The molecule has 5 heteroatoms. The van der Waals surface area contributed by atoms with Gasteiger partial charge < -0.3 is 10.1 Å². The van der Waals surface area contributed by atoms with Crippen LogP contribution in [0, 0.1) is 13.8 Å². The first kappa shape index (κ1) is 15.4.